The maximum Gasteiger partial charge on any atom is 0.175 e. The Morgan fingerprint density at radius 2 is 1.86 bits per heavy atom. The van der Waals surface area contributed by atoms with E-state index in [1.165, 1.54) is 6.42 Å². The summed E-state index contributed by atoms with van der Waals surface area (Å²) >= 11 is 15.8. The van der Waals surface area contributed by atoms with Crippen LogP contribution >= 0.6 is 39.1 Å². The van der Waals surface area contributed by atoms with Gasteiger partial charge in [0.15, 0.2) is 11.5 Å². The first-order chi connectivity index (χ1) is 14.0. The molecule has 0 aliphatic carbocycles. The van der Waals surface area contributed by atoms with E-state index in [9.17, 15) is 0 Å². The van der Waals surface area contributed by atoms with Crippen molar-refractivity contribution in [2.75, 3.05) is 26.9 Å². The van der Waals surface area contributed by atoms with Gasteiger partial charge in [0, 0.05) is 35.4 Å². The van der Waals surface area contributed by atoms with Crippen LogP contribution in [0.25, 0.3) is 0 Å². The summed E-state index contributed by atoms with van der Waals surface area (Å²) in [6.07, 6.45) is 3.28. The number of unbranched alkanes of at least 4 members (excludes halogenated alkanes) is 1. The van der Waals surface area contributed by atoms with Crippen molar-refractivity contribution in [3.05, 3.63) is 56.0 Å². The summed E-state index contributed by atoms with van der Waals surface area (Å²) < 4.78 is 17.9. The molecule has 0 saturated heterocycles. The molecule has 0 fully saturated rings. The van der Waals surface area contributed by atoms with Crippen molar-refractivity contribution >= 4 is 39.1 Å². The van der Waals surface area contributed by atoms with Gasteiger partial charge in [-0.1, -0.05) is 42.6 Å². The molecule has 2 aromatic rings. The third-order valence-corrected chi connectivity index (χ3v) is 5.47. The highest BCUT2D eigenvalue weighted by atomic mass is 79.9. The minimum atomic E-state index is 0.320. The molecule has 0 aromatic heterocycles. The van der Waals surface area contributed by atoms with Crippen LogP contribution < -0.4 is 14.8 Å². The summed E-state index contributed by atoms with van der Waals surface area (Å²) in [6, 6.07) is 9.37. The van der Waals surface area contributed by atoms with Crippen molar-refractivity contribution in [1.29, 1.82) is 0 Å². The molecule has 0 atom stereocenters. The van der Waals surface area contributed by atoms with Crippen LogP contribution in [0.1, 0.15) is 37.3 Å². The van der Waals surface area contributed by atoms with Crippen molar-refractivity contribution in [3.8, 4) is 11.5 Å². The van der Waals surface area contributed by atoms with Crippen molar-refractivity contribution < 1.29 is 14.2 Å². The lowest BCUT2D eigenvalue weighted by molar-refractivity contribution is 0.129. The van der Waals surface area contributed by atoms with Crippen LogP contribution in [-0.4, -0.2) is 26.9 Å². The minimum absolute atomic E-state index is 0.320. The van der Waals surface area contributed by atoms with E-state index < -0.39 is 0 Å². The van der Waals surface area contributed by atoms with Gasteiger partial charge in [-0.15, -0.1) is 0 Å². The molecule has 0 amide bonds. The number of rotatable bonds is 13. The number of nitrogens with one attached hydrogen (secondary N) is 1. The Morgan fingerprint density at radius 1 is 1.07 bits per heavy atom. The van der Waals surface area contributed by atoms with E-state index in [4.69, 9.17) is 37.4 Å². The lowest BCUT2D eigenvalue weighted by atomic mass is 10.2. The van der Waals surface area contributed by atoms with Gasteiger partial charge in [0.25, 0.3) is 0 Å². The van der Waals surface area contributed by atoms with E-state index in [1.54, 1.807) is 19.2 Å². The molecular weight excluding hydrogens is 477 g/mol. The molecule has 29 heavy (non-hydrogen) atoms. The summed E-state index contributed by atoms with van der Waals surface area (Å²) in [5.74, 6) is 1.32. The SMILES string of the molecule is CCCCOCCCNCc1cc(Br)c(OCc2ccc(Cl)cc2Cl)c(OC)c1. The molecule has 0 aliphatic rings. The fourth-order valence-electron chi connectivity index (χ4n) is 2.68. The van der Waals surface area contributed by atoms with Crippen molar-refractivity contribution in [3.63, 3.8) is 0 Å². The first-order valence-corrected chi connectivity index (χ1v) is 11.3. The van der Waals surface area contributed by atoms with E-state index >= 15 is 0 Å². The summed E-state index contributed by atoms with van der Waals surface area (Å²) in [7, 11) is 1.63. The Bertz CT molecular complexity index is 774. The molecule has 0 aliphatic heterocycles. The van der Waals surface area contributed by atoms with Crippen LogP contribution in [0.2, 0.25) is 10.0 Å². The largest absolute Gasteiger partial charge is 0.493 e. The van der Waals surface area contributed by atoms with Crippen LogP contribution in [0.5, 0.6) is 11.5 Å². The number of ether oxygens (including phenoxy) is 3. The van der Waals surface area contributed by atoms with Gasteiger partial charge in [0.1, 0.15) is 6.61 Å². The van der Waals surface area contributed by atoms with Gasteiger partial charge in [-0.3, -0.25) is 0 Å². The predicted octanol–water partition coefficient (Wildman–Crippen LogP) is 6.64. The number of hydrogen-bond donors (Lipinski definition) is 1. The maximum atomic E-state index is 6.23. The van der Waals surface area contributed by atoms with Gasteiger partial charge in [0.2, 0.25) is 0 Å². The number of hydrogen-bond acceptors (Lipinski definition) is 4. The molecule has 0 heterocycles. The summed E-state index contributed by atoms with van der Waals surface area (Å²) in [4.78, 5) is 0. The average molecular weight is 505 g/mol. The lowest BCUT2D eigenvalue weighted by Crippen LogP contribution is -2.16. The van der Waals surface area contributed by atoms with E-state index in [0.717, 1.165) is 54.7 Å². The van der Waals surface area contributed by atoms with E-state index in [2.05, 4.69) is 28.2 Å². The molecule has 0 radical (unpaired) electrons. The highest BCUT2D eigenvalue weighted by Gasteiger charge is 2.13. The summed E-state index contributed by atoms with van der Waals surface area (Å²) in [6.45, 7) is 5.77. The summed E-state index contributed by atoms with van der Waals surface area (Å²) in [5, 5.41) is 4.61. The first-order valence-electron chi connectivity index (χ1n) is 9.76. The molecule has 2 rings (SSSR count). The summed E-state index contributed by atoms with van der Waals surface area (Å²) in [5.41, 5.74) is 1.97. The van der Waals surface area contributed by atoms with Crippen LogP contribution in [0, 0.1) is 0 Å². The molecule has 2 aromatic carbocycles. The third kappa shape index (κ3) is 8.35. The molecule has 0 saturated carbocycles. The molecule has 1 N–H and O–H groups in total. The lowest BCUT2D eigenvalue weighted by Gasteiger charge is -2.15. The zero-order chi connectivity index (χ0) is 21.1. The molecule has 160 valence electrons. The molecule has 7 heteroatoms. The fraction of sp³-hybridized carbons (Fsp3) is 0.455. The number of methoxy groups -OCH3 is 1. The van der Waals surface area contributed by atoms with Crippen LogP contribution in [0.15, 0.2) is 34.8 Å². The second-order valence-electron chi connectivity index (χ2n) is 6.63. The zero-order valence-corrected chi connectivity index (χ0v) is 20.0. The maximum absolute atomic E-state index is 6.23. The highest BCUT2D eigenvalue weighted by Crippen LogP contribution is 2.37. The van der Waals surface area contributed by atoms with Gasteiger partial charge in [-0.2, -0.15) is 0 Å². The highest BCUT2D eigenvalue weighted by molar-refractivity contribution is 9.10. The number of halogens is 3. The first kappa shape index (κ1) is 24.3. The Balaban J connectivity index is 1.88. The predicted molar refractivity (Wildman–Crippen MR) is 124 cm³/mol. The molecule has 0 bridgehead atoms. The average Bonchev–Trinajstić information content (AvgIpc) is 2.70. The van der Waals surface area contributed by atoms with E-state index in [-0.39, 0.29) is 0 Å². The third-order valence-electron chi connectivity index (χ3n) is 4.29. The normalized spacial score (nSPS) is 10.9. The van der Waals surface area contributed by atoms with Gasteiger partial charge in [-0.25, -0.2) is 0 Å². The molecular formula is C22H28BrCl2NO3. The smallest absolute Gasteiger partial charge is 0.175 e. The monoisotopic (exact) mass is 503 g/mol. The topological polar surface area (TPSA) is 39.7 Å². The van der Waals surface area contributed by atoms with E-state index in [0.29, 0.717) is 28.2 Å². The Labute approximate surface area is 192 Å². The van der Waals surface area contributed by atoms with Gasteiger partial charge in [0.05, 0.1) is 11.6 Å². The van der Waals surface area contributed by atoms with Gasteiger partial charge >= 0.3 is 0 Å². The Morgan fingerprint density at radius 3 is 2.59 bits per heavy atom. The minimum Gasteiger partial charge on any atom is -0.493 e. The van der Waals surface area contributed by atoms with Crippen LogP contribution in [0.3, 0.4) is 0 Å². The van der Waals surface area contributed by atoms with Crippen molar-refractivity contribution in [1.82, 2.24) is 5.32 Å². The second-order valence-corrected chi connectivity index (χ2v) is 8.33. The van der Waals surface area contributed by atoms with Crippen molar-refractivity contribution in [2.45, 2.75) is 39.3 Å². The second kappa shape index (κ2) is 13.3. The Hall–Kier alpha value is -0.980. The van der Waals surface area contributed by atoms with Crippen molar-refractivity contribution in [2.24, 2.45) is 0 Å². The van der Waals surface area contributed by atoms with Crippen LogP contribution in [0.4, 0.5) is 0 Å². The Kier molecular flexibility index (Phi) is 11.2. The van der Waals surface area contributed by atoms with Gasteiger partial charge in [-0.05, 0) is 65.1 Å². The number of benzene rings is 2. The fourth-order valence-corrected chi connectivity index (χ4v) is 3.75. The molecule has 0 unspecified atom stereocenters. The van der Waals surface area contributed by atoms with Gasteiger partial charge < -0.3 is 19.5 Å². The quantitative estimate of drug-likeness (QED) is 0.310. The standard InChI is InChI=1S/C22H28BrCl2NO3/c1-3-4-9-28-10-5-8-26-14-16-11-19(23)22(21(12-16)27-2)29-15-17-6-7-18(24)13-20(17)25/h6-7,11-13,26H,3-5,8-10,14-15H2,1-2H3. The molecule has 0 spiro atoms. The van der Waals surface area contributed by atoms with Crippen LogP contribution in [-0.2, 0) is 17.9 Å². The molecule has 4 nitrogen and oxygen atoms in total. The zero-order valence-electron chi connectivity index (χ0n) is 16.9. The van der Waals surface area contributed by atoms with E-state index in [1.807, 2.05) is 18.2 Å².